The van der Waals surface area contributed by atoms with E-state index >= 15 is 0 Å². The molecule has 17 heavy (non-hydrogen) atoms. The van der Waals surface area contributed by atoms with Crippen LogP contribution in [0.25, 0.3) is 0 Å². The van der Waals surface area contributed by atoms with Gasteiger partial charge in [-0.25, -0.2) is 0 Å². The van der Waals surface area contributed by atoms with Crippen molar-refractivity contribution < 1.29 is 0 Å². The van der Waals surface area contributed by atoms with Crippen LogP contribution in [-0.4, -0.2) is 16.3 Å². The lowest BCUT2D eigenvalue weighted by molar-refractivity contribution is 0.361. The Morgan fingerprint density at radius 3 is 2.59 bits per heavy atom. The van der Waals surface area contributed by atoms with Crippen LogP contribution in [0.15, 0.2) is 12.4 Å². The Bertz CT molecular complexity index is 311. The maximum Gasteiger partial charge on any atom is 0.0534 e. The van der Waals surface area contributed by atoms with Crippen LogP contribution in [-0.2, 0) is 13.6 Å². The molecule has 1 aliphatic rings. The molecule has 0 radical (unpaired) electrons. The van der Waals surface area contributed by atoms with E-state index in [1.807, 2.05) is 17.9 Å². The second-order valence-electron chi connectivity index (χ2n) is 5.36. The molecule has 0 amide bonds. The summed E-state index contributed by atoms with van der Waals surface area (Å²) in [6.07, 6.45) is 14.1. The highest BCUT2D eigenvalue weighted by atomic mass is 15.2. The number of hydrogen-bond donors (Lipinski definition) is 1. The first-order valence-electron chi connectivity index (χ1n) is 7.03. The van der Waals surface area contributed by atoms with Crippen LogP contribution in [0.2, 0.25) is 0 Å². The monoisotopic (exact) mass is 235 g/mol. The van der Waals surface area contributed by atoms with Crippen molar-refractivity contribution in [2.45, 2.75) is 51.5 Å². The highest BCUT2D eigenvalue weighted by molar-refractivity contribution is 5.02. The highest BCUT2D eigenvalue weighted by Crippen LogP contribution is 2.21. The van der Waals surface area contributed by atoms with Gasteiger partial charge in [0.1, 0.15) is 0 Å². The maximum absolute atomic E-state index is 4.19. The van der Waals surface area contributed by atoms with Crippen molar-refractivity contribution in [2.75, 3.05) is 6.54 Å². The number of nitrogens with zero attached hydrogens (tertiary/aromatic N) is 2. The third-order valence-electron chi connectivity index (χ3n) is 3.75. The minimum atomic E-state index is 0.895. The molecule has 1 fully saturated rings. The Morgan fingerprint density at radius 1 is 1.24 bits per heavy atom. The van der Waals surface area contributed by atoms with E-state index in [1.165, 1.54) is 57.1 Å². The third kappa shape index (κ3) is 4.50. The molecule has 3 heteroatoms. The summed E-state index contributed by atoms with van der Waals surface area (Å²) in [4.78, 5) is 0. The molecule has 0 bridgehead atoms. The lowest BCUT2D eigenvalue weighted by Gasteiger charge is -2.19. The average Bonchev–Trinajstić information content (AvgIpc) is 2.67. The predicted octanol–water partition coefficient (Wildman–Crippen LogP) is 2.87. The Balaban J connectivity index is 1.66. The number of nitrogens with one attached hydrogen (secondary N) is 1. The first-order chi connectivity index (χ1) is 8.34. The summed E-state index contributed by atoms with van der Waals surface area (Å²) in [5.74, 6) is 0.895. The minimum absolute atomic E-state index is 0.895. The minimum Gasteiger partial charge on any atom is -0.312 e. The molecule has 1 aromatic rings. The average molecular weight is 235 g/mol. The second kappa shape index (κ2) is 6.80. The topological polar surface area (TPSA) is 29.9 Å². The van der Waals surface area contributed by atoms with Crippen molar-refractivity contribution in [2.24, 2.45) is 13.0 Å². The first kappa shape index (κ1) is 12.6. The molecule has 0 spiro atoms. The van der Waals surface area contributed by atoms with Crippen LogP contribution < -0.4 is 5.32 Å². The normalized spacial score (nSPS) is 18.9. The fourth-order valence-electron chi connectivity index (χ4n) is 2.73. The number of aryl methyl sites for hydroxylation is 1. The molecule has 1 aromatic heterocycles. The van der Waals surface area contributed by atoms with Crippen molar-refractivity contribution in [1.82, 2.24) is 15.1 Å². The van der Waals surface area contributed by atoms with Gasteiger partial charge in [0.25, 0.3) is 0 Å². The quantitative estimate of drug-likeness (QED) is 0.869. The zero-order valence-electron chi connectivity index (χ0n) is 11.0. The molecule has 0 unspecified atom stereocenters. The van der Waals surface area contributed by atoms with E-state index in [-0.39, 0.29) is 0 Å². The van der Waals surface area contributed by atoms with Crippen LogP contribution in [0.5, 0.6) is 0 Å². The van der Waals surface area contributed by atoms with Gasteiger partial charge in [0.05, 0.1) is 6.20 Å². The van der Waals surface area contributed by atoms with Crippen LogP contribution >= 0.6 is 0 Å². The van der Waals surface area contributed by atoms with Crippen molar-refractivity contribution in [3.05, 3.63) is 18.0 Å². The first-order valence-corrected chi connectivity index (χ1v) is 7.03. The van der Waals surface area contributed by atoms with E-state index in [0.29, 0.717) is 0 Å². The van der Waals surface area contributed by atoms with Crippen molar-refractivity contribution in [1.29, 1.82) is 0 Å². The lowest BCUT2D eigenvalue weighted by atomic mass is 9.91. The van der Waals surface area contributed by atoms with Gasteiger partial charge in [0, 0.05) is 25.4 Å². The van der Waals surface area contributed by atoms with Gasteiger partial charge < -0.3 is 5.32 Å². The molecule has 0 atom stereocenters. The van der Waals surface area contributed by atoms with Gasteiger partial charge in [0.15, 0.2) is 0 Å². The van der Waals surface area contributed by atoms with Crippen molar-refractivity contribution in [3.8, 4) is 0 Å². The molecular formula is C14H25N3. The molecule has 0 aromatic carbocycles. The van der Waals surface area contributed by atoms with Crippen molar-refractivity contribution >= 4 is 0 Å². The lowest BCUT2D eigenvalue weighted by Crippen LogP contribution is -2.23. The summed E-state index contributed by atoms with van der Waals surface area (Å²) in [6, 6.07) is 0. The van der Waals surface area contributed by atoms with Crippen LogP contribution in [0, 0.1) is 5.92 Å². The smallest absolute Gasteiger partial charge is 0.0534 e. The number of rotatable bonds is 4. The van der Waals surface area contributed by atoms with Crippen molar-refractivity contribution in [3.63, 3.8) is 0 Å². The SMILES string of the molecule is Cn1cc(CNCC2CCCCCCC2)cn1. The molecular weight excluding hydrogens is 210 g/mol. The Morgan fingerprint density at radius 2 is 1.94 bits per heavy atom. The van der Waals surface area contributed by atoms with E-state index in [9.17, 15) is 0 Å². The number of aromatic nitrogens is 2. The summed E-state index contributed by atoms with van der Waals surface area (Å²) in [5, 5.41) is 7.77. The zero-order valence-corrected chi connectivity index (χ0v) is 11.0. The van der Waals surface area contributed by atoms with Gasteiger partial charge in [-0.3, -0.25) is 4.68 Å². The van der Waals surface area contributed by atoms with E-state index in [0.717, 1.165) is 12.5 Å². The predicted molar refractivity (Wildman–Crippen MR) is 70.7 cm³/mol. The molecule has 1 N–H and O–H groups in total. The Kier molecular flexibility index (Phi) is 5.05. The summed E-state index contributed by atoms with van der Waals surface area (Å²) in [5.41, 5.74) is 1.29. The third-order valence-corrected chi connectivity index (χ3v) is 3.75. The van der Waals surface area contributed by atoms with Crippen LogP contribution in [0.1, 0.15) is 50.5 Å². The molecule has 2 rings (SSSR count). The van der Waals surface area contributed by atoms with Crippen LogP contribution in [0.3, 0.4) is 0 Å². The summed E-state index contributed by atoms with van der Waals surface area (Å²) < 4.78 is 1.87. The molecule has 1 saturated carbocycles. The maximum atomic E-state index is 4.19. The van der Waals surface area contributed by atoms with Gasteiger partial charge in [-0.2, -0.15) is 5.10 Å². The second-order valence-corrected chi connectivity index (χ2v) is 5.36. The summed E-state index contributed by atoms with van der Waals surface area (Å²) >= 11 is 0. The van der Waals surface area contributed by atoms with Gasteiger partial charge >= 0.3 is 0 Å². The van der Waals surface area contributed by atoms with E-state index in [4.69, 9.17) is 0 Å². The van der Waals surface area contributed by atoms with E-state index < -0.39 is 0 Å². The molecule has 96 valence electrons. The van der Waals surface area contributed by atoms with E-state index in [1.54, 1.807) is 0 Å². The van der Waals surface area contributed by atoms with Gasteiger partial charge in [-0.15, -0.1) is 0 Å². The van der Waals surface area contributed by atoms with Gasteiger partial charge in [0.2, 0.25) is 0 Å². The molecule has 0 saturated heterocycles. The Hall–Kier alpha value is -0.830. The standard InChI is InChI=1S/C14H25N3/c1-17-12-14(11-16-17)10-15-9-13-7-5-3-2-4-6-8-13/h11-13,15H,2-10H2,1H3. The highest BCUT2D eigenvalue weighted by Gasteiger charge is 2.10. The molecule has 1 aliphatic carbocycles. The number of hydrogen-bond acceptors (Lipinski definition) is 2. The fraction of sp³-hybridized carbons (Fsp3) is 0.786. The molecule has 1 heterocycles. The molecule has 0 aliphatic heterocycles. The van der Waals surface area contributed by atoms with Gasteiger partial charge in [-0.1, -0.05) is 32.1 Å². The summed E-state index contributed by atoms with van der Waals surface area (Å²) in [6.45, 7) is 2.14. The van der Waals surface area contributed by atoms with Gasteiger partial charge in [-0.05, 0) is 25.3 Å². The largest absolute Gasteiger partial charge is 0.312 e. The van der Waals surface area contributed by atoms with E-state index in [2.05, 4.69) is 16.6 Å². The summed E-state index contributed by atoms with van der Waals surface area (Å²) in [7, 11) is 1.97. The fourth-order valence-corrected chi connectivity index (χ4v) is 2.73. The van der Waals surface area contributed by atoms with Crippen LogP contribution in [0.4, 0.5) is 0 Å². The molecule has 3 nitrogen and oxygen atoms in total. The zero-order chi connectivity index (χ0) is 11.9. The Labute approximate surface area is 105 Å².